The first-order valence-corrected chi connectivity index (χ1v) is 4.45. The maximum atomic E-state index is 11.1. The van der Waals surface area contributed by atoms with E-state index >= 15 is 0 Å². The van der Waals surface area contributed by atoms with E-state index in [0.29, 0.717) is 6.42 Å². The number of aliphatic hydroxyl groups excluding tert-OH is 1. The Morgan fingerprint density at radius 2 is 2.21 bits per heavy atom. The summed E-state index contributed by atoms with van der Waals surface area (Å²) in [7, 11) is 0. The van der Waals surface area contributed by atoms with Crippen molar-refractivity contribution >= 4 is 11.9 Å². The molecule has 1 aliphatic heterocycles. The third-order valence-corrected chi connectivity index (χ3v) is 1.89. The fourth-order valence-corrected chi connectivity index (χ4v) is 1.10. The molecule has 1 aliphatic rings. The highest BCUT2D eigenvalue weighted by molar-refractivity contribution is 5.78. The van der Waals surface area contributed by atoms with Crippen molar-refractivity contribution < 1.29 is 24.5 Å². The van der Waals surface area contributed by atoms with E-state index in [2.05, 4.69) is 15.1 Å². The zero-order valence-electron chi connectivity index (χ0n) is 7.86. The molecule has 0 saturated carbocycles. The van der Waals surface area contributed by atoms with Crippen molar-refractivity contribution in [1.82, 2.24) is 5.32 Å². The predicted molar refractivity (Wildman–Crippen MR) is 44.9 cm³/mol. The molecule has 0 aromatic heterocycles. The van der Waals surface area contributed by atoms with Gasteiger partial charge in [0.2, 0.25) is 0 Å². The van der Waals surface area contributed by atoms with Crippen LogP contribution in [0.3, 0.4) is 0 Å². The average Bonchev–Trinajstić information content (AvgIpc) is 2.66. The number of rotatable bonds is 2. The molecule has 80 valence electrons. The topological polar surface area (TPSA) is 84.9 Å². The predicted octanol–water partition coefficient (Wildman–Crippen LogP) is -0.879. The summed E-state index contributed by atoms with van der Waals surface area (Å²) in [6, 6.07) is -0.406. The SMILES string of the molecule is CC(O)C(=O)OOC(=O)C1CCCN1. The number of nitrogens with one attached hydrogen (secondary N) is 1. The van der Waals surface area contributed by atoms with E-state index in [4.69, 9.17) is 5.11 Å². The molecule has 2 unspecified atom stereocenters. The second-order valence-electron chi connectivity index (χ2n) is 3.13. The maximum absolute atomic E-state index is 11.1. The summed E-state index contributed by atoms with van der Waals surface area (Å²) in [4.78, 5) is 30.2. The van der Waals surface area contributed by atoms with Gasteiger partial charge < -0.3 is 10.4 Å². The van der Waals surface area contributed by atoms with Gasteiger partial charge in [0.1, 0.15) is 6.04 Å². The summed E-state index contributed by atoms with van der Waals surface area (Å²) in [5, 5.41) is 11.6. The Kier molecular flexibility index (Phi) is 3.84. The first kappa shape index (κ1) is 10.9. The highest BCUT2D eigenvalue weighted by Gasteiger charge is 2.26. The lowest BCUT2D eigenvalue weighted by molar-refractivity contribution is -0.265. The first-order valence-electron chi connectivity index (χ1n) is 4.45. The Morgan fingerprint density at radius 3 is 2.71 bits per heavy atom. The summed E-state index contributed by atoms with van der Waals surface area (Å²) < 4.78 is 0. The molecule has 0 radical (unpaired) electrons. The minimum absolute atomic E-state index is 0.406. The molecule has 14 heavy (non-hydrogen) atoms. The lowest BCUT2D eigenvalue weighted by Crippen LogP contribution is -2.33. The number of hydrogen-bond donors (Lipinski definition) is 2. The molecule has 0 aromatic carbocycles. The highest BCUT2D eigenvalue weighted by Crippen LogP contribution is 2.06. The van der Waals surface area contributed by atoms with Gasteiger partial charge in [-0.05, 0) is 26.3 Å². The molecule has 0 aliphatic carbocycles. The van der Waals surface area contributed by atoms with Crippen molar-refractivity contribution in [2.75, 3.05) is 6.54 Å². The van der Waals surface area contributed by atoms with E-state index in [1.54, 1.807) is 0 Å². The number of hydrogen-bond acceptors (Lipinski definition) is 6. The van der Waals surface area contributed by atoms with Crippen molar-refractivity contribution in [2.45, 2.75) is 31.9 Å². The Bertz CT molecular complexity index is 222. The number of carbonyl (C=O) groups excluding carboxylic acids is 2. The normalized spacial score (nSPS) is 22.9. The molecule has 6 heteroatoms. The second kappa shape index (κ2) is 4.92. The fourth-order valence-electron chi connectivity index (χ4n) is 1.10. The van der Waals surface area contributed by atoms with Gasteiger partial charge in [0.05, 0.1) is 0 Å². The Hall–Kier alpha value is -1.14. The Balaban J connectivity index is 2.23. The lowest BCUT2D eigenvalue weighted by atomic mass is 10.2. The van der Waals surface area contributed by atoms with Crippen LogP contribution in [0.5, 0.6) is 0 Å². The molecular weight excluding hydrogens is 190 g/mol. The molecular formula is C8H13NO5. The summed E-state index contributed by atoms with van der Waals surface area (Å²) >= 11 is 0. The van der Waals surface area contributed by atoms with E-state index in [1.165, 1.54) is 6.92 Å². The molecule has 2 N–H and O–H groups in total. The van der Waals surface area contributed by atoms with Gasteiger partial charge in [0.15, 0.2) is 6.10 Å². The van der Waals surface area contributed by atoms with Crippen LogP contribution in [0.2, 0.25) is 0 Å². The summed E-state index contributed by atoms with van der Waals surface area (Å²) in [6.45, 7) is 1.98. The molecule has 1 rings (SSSR count). The molecule has 0 amide bonds. The van der Waals surface area contributed by atoms with Gasteiger partial charge in [-0.2, -0.15) is 0 Å². The van der Waals surface area contributed by atoms with Gasteiger partial charge in [-0.15, -0.1) is 0 Å². The maximum Gasteiger partial charge on any atom is 0.383 e. The van der Waals surface area contributed by atoms with E-state index in [0.717, 1.165) is 13.0 Å². The lowest BCUT2D eigenvalue weighted by Gasteiger charge is -2.08. The first-order chi connectivity index (χ1) is 6.61. The van der Waals surface area contributed by atoms with Crippen molar-refractivity contribution in [2.24, 2.45) is 0 Å². The van der Waals surface area contributed by atoms with Gasteiger partial charge in [0.25, 0.3) is 0 Å². The molecule has 1 heterocycles. The van der Waals surface area contributed by atoms with E-state index < -0.39 is 24.1 Å². The van der Waals surface area contributed by atoms with Crippen LogP contribution in [0.4, 0.5) is 0 Å². The quantitative estimate of drug-likeness (QED) is 0.448. The van der Waals surface area contributed by atoms with Gasteiger partial charge in [-0.3, -0.25) is 0 Å². The molecule has 2 atom stereocenters. The molecule has 1 saturated heterocycles. The zero-order valence-corrected chi connectivity index (χ0v) is 7.86. The van der Waals surface area contributed by atoms with Crippen LogP contribution < -0.4 is 5.32 Å². The van der Waals surface area contributed by atoms with Gasteiger partial charge in [-0.1, -0.05) is 0 Å². The van der Waals surface area contributed by atoms with E-state index in [9.17, 15) is 9.59 Å². The van der Waals surface area contributed by atoms with Crippen molar-refractivity contribution in [3.05, 3.63) is 0 Å². The zero-order chi connectivity index (χ0) is 10.6. The van der Waals surface area contributed by atoms with Crippen LogP contribution in [0, 0.1) is 0 Å². The standard InChI is InChI=1S/C8H13NO5/c1-5(10)7(11)13-14-8(12)6-3-2-4-9-6/h5-6,9-10H,2-4H2,1H3. The summed E-state index contributed by atoms with van der Waals surface area (Å²) in [5.41, 5.74) is 0. The van der Waals surface area contributed by atoms with Crippen molar-refractivity contribution in [3.8, 4) is 0 Å². The second-order valence-corrected chi connectivity index (χ2v) is 3.13. The number of aliphatic hydroxyl groups is 1. The summed E-state index contributed by atoms with van der Waals surface area (Å²) in [6.07, 6.45) is 0.272. The van der Waals surface area contributed by atoms with Crippen molar-refractivity contribution in [3.63, 3.8) is 0 Å². The smallest absolute Gasteiger partial charge is 0.382 e. The van der Waals surface area contributed by atoms with Gasteiger partial charge in [-0.25, -0.2) is 19.4 Å². The average molecular weight is 203 g/mol. The van der Waals surface area contributed by atoms with Crippen LogP contribution in [0.25, 0.3) is 0 Å². The van der Waals surface area contributed by atoms with Crippen LogP contribution >= 0.6 is 0 Å². The molecule has 0 spiro atoms. The number of carbonyl (C=O) groups is 2. The largest absolute Gasteiger partial charge is 0.383 e. The molecule has 6 nitrogen and oxygen atoms in total. The van der Waals surface area contributed by atoms with Crippen molar-refractivity contribution in [1.29, 1.82) is 0 Å². The van der Waals surface area contributed by atoms with Crippen LogP contribution in [0.1, 0.15) is 19.8 Å². The Morgan fingerprint density at radius 1 is 1.50 bits per heavy atom. The third-order valence-electron chi connectivity index (χ3n) is 1.89. The Labute approximate surface area is 81.1 Å². The van der Waals surface area contributed by atoms with Crippen LogP contribution in [-0.4, -0.2) is 35.7 Å². The molecule has 0 aromatic rings. The molecule has 1 fully saturated rings. The minimum atomic E-state index is -1.29. The minimum Gasteiger partial charge on any atom is -0.382 e. The highest BCUT2D eigenvalue weighted by atomic mass is 17.2. The fraction of sp³-hybridized carbons (Fsp3) is 0.750. The molecule has 0 bridgehead atoms. The van der Waals surface area contributed by atoms with E-state index in [1.807, 2.05) is 0 Å². The monoisotopic (exact) mass is 203 g/mol. The van der Waals surface area contributed by atoms with Crippen LogP contribution in [0.15, 0.2) is 0 Å². The van der Waals surface area contributed by atoms with Gasteiger partial charge >= 0.3 is 11.9 Å². The van der Waals surface area contributed by atoms with Crippen LogP contribution in [-0.2, 0) is 19.4 Å². The van der Waals surface area contributed by atoms with Gasteiger partial charge in [0, 0.05) is 0 Å². The third kappa shape index (κ3) is 2.97. The van der Waals surface area contributed by atoms with E-state index in [-0.39, 0.29) is 0 Å². The summed E-state index contributed by atoms with van der Waals surface area (Å²) in [5.74, 6) is -1.60.